The number of aromatic carboxylic acids is 1. The number of carbonyl (C=O) groups is 1. The fourth-order valence-corrected chi connectivity index (χ4v) is 7.61. The molecule has 1 atom stereocenters. The van der Waals surface area contributed by atoms with Gasteiger partial charge in [-0.3, -0.25) is 0 Å². The fraction of sp³-hybridized carbons (Fsp3) is 0.0667. The highest BCUT2D eigenvalue weighted by molar-refractivity contribution is 6.30. The number of allylic oxidation sites excluding steroid dienone is 3. The summed E-state index contributed by atoms with van der Waals surface area (Å²) >= 11 is 0. The van der Waals surface area contributed by atoms with Crippen molar-refractivity contribution in [3.8, 4) is 0 Å². The third-order valence-electron chi connectivity index (χ3n) is 9.93. The van der Waals surface area contributed by atoms with Gasteiger partial charge in [0.15, 0.2) is 0 Å². The largest absolute Gasteiger partial charge is 0.478 e. The smallest absolute Gasteiger partial charge is 0.335 e. The lowest BCUT2D eigenvalue weighted by Gasteiger charge is -2.18. The standard InChI is InChI=1S/C45H34N4O2/c50-45(51)32-18-16-31(17-19-32)44-39-26-24-37(48-39)42(29-12-6-2-7-13-29)35-22-20-33(46-35)41(28-10-4-1-5-11-28)34-21-23-36(47-34)43(30-14-8-3-9-15-30)38-25-27-40(44)49-38/h1-20,22,24-27,36,46-47,49H,21,23H2,(H,50,51)/b41-34-,42-37-,43-38-,44-40-. The lowest BCUT2D eigenvalue weighted by molar-refractivity contribution is 0.0697. The summed E-state index contributed by atoms with van der Waals surface area (Å²) in [5.74, 6) is -0.956. The predicted octanol–water partition coefficient (Wildman–Crippen LogP) is 7.43. The molecule has 9 rings (SSSR count). The van der Waals surface area contributed by atoms with Crippen molar-refractivity contribution in [1.29, 1.82) is 0 Å². The molecule has 0 saturated carbocycles. The zero-order valence-electron chi connectivity index (χ0n) is 27.7. The number of H-pyrrole nitrogens is 2. The number of aromatic nitrogens is 2. The third kappa shape index (κ3) is 5.57. The Labute approximate surface area is 295 Å². The molecule has 0 spiro atoms. The SMILES string of the molecule is O=C(O)c1ccc(/C2=c3\cc/c([nH]3)=C(\c3ccccc3)C3CC/C(=C(\c4ccccc4)c4ccc([nH]4)/C(c4ccccc4)=C4/C=CC2=N4)N3)cc1. The summed E-state index contributed by atoms with van der Waals surface area (Å²) in [5.41, 5.74) is 13.6. The summed E-state index contributed by atoms with van der Waals surface area (Å²) in [5, 5.41) is 15.6. The highest BCUT2D eigenvalue weighted by atomic mass is 16.4. The van der Waals surface area contributed by atoms with E-state index in [1.165, 1.54) is 16.8 Å². The molecule has 4 N–H and O–H groups in total. The first kappa shape index (κ1) is 30.4. The van der Waals surface area contributed by atoms with Gasteiger partial charge in [0.2, 0.25) is 0 Å². The van der Waals surface area contributed by atoms with Crippen LogP contribution in [-0.2, 0) is 0 Å². The third-order valence-corrected chi connectivity index (χ3v) is 9.93. The van der Waals surface area contributed by atoms with Crippen LogP contribution in [0.3, 0.4) is 0 Å². The second-order valence-corrected chi connectivity index (χ2v) is 13.0. The van der Waals surface area contributed by atoms with E-state index in [1.54, 1.807) is 12.1 Å². The molecular weight excluding hydrogens is 629 g/mol. The molecule has 1 fully saturated rings. The van der Waals surface area contributed by atoms with E-state index < -0.39 is 5.97 Å². The molecule has 0 aliphatic carbocycles. The van der Waals surface area contributed by atoms with Crippen LogP contribution in [-0.4, -0.2) is 32.8 Å². The van der Waals surface area contributed by atoms with Gasteiger partial charge in [-0.05, 0) is 83.6 Å². The molecule has 3 aliphatic heterocycles. The van der Waals surface area contributed by atoms with Crippen molar-refractivity contribution in [2.45, 2.75) is 18.9 Å². The van der Waals surface area contributed by atoms with Crippen LogP contribution in [0.4, 0.5) is 0 Å². The molecule has 0 amide bonds. The Bertz CT molecular complexity index is 2550. The molecule has 6 aromatic rings. The van der Waals surface area contributed by atoms with E-state index in [1.807, 2.05) is 18.2 Å². The van der Waals surface area contributed by atoms with Crippen LogP contribution < -0.4 is 16.0 Å². The van der Waals surface area contributed by atoms with E-state index in [0.717, 1.165) is 79.7 Å². The lowest BCUT2D eigenvalue weighted by atomic mass is 9.97. The van der Waals surface area contributed by atoms with Gasteiger partial charge in [0.25, 0.3) is 0 Å². The van der Waals surface area contributed by atoms with Gasteiger partial charge in [-0.1, -0.05) is 103 Å². The lowest BCUT2D eigenvalue weighted by Crippen LogP contribution is -2.29. The monoisotopic (exact) mass is 662 g/mol. The van der Waals surface area contributed by atoms with Crippen LogP contribution in [0.1, 0.15) is 56.8 Å². The second-order valence-electron chi connectivity index (χ2n) is 13.0. The number of benzene rings is 4. The predicted molar refractivity (Wildman–Crippen MR) is 203 cm³/mol. The Morgan fingerprint density at radius 3 is 1.84 bits per heavy atom. The number of fused-ring (bicyclic) bond motifs is 7. The van der Waals surface area contributed by atoms with Gasteiger partial charge in [0.1, 0.15) is 0 Å². The first-order chi connectivity index (χ1) is 25.1. The van der Waals surface area contributed by atoms with Crippen LogP contribution in [0.25, 0.3) is 22.3 Å². The van der Waals surface area contributed by atoms with Gasteiger partial charge in [-0.25, -0.2) is 9.79 Å². The van der Waals surface area contributed by atoms with Crippen molar-refractivity contribution in [3.05, 3.63) is 213 Å². The molecule has 6 nitrogen and oxygen atoms in total. The molecular formula is C45H34N4O2. The van der Waals surface area contributed by atoms with Crippen molar-refractivity contribution in [1.82, 2.24) is 15.3 Å². The van der Waals surface area contributed by atoms with E-state index >= 15 is 0 Å². The number of nitrogens with zero attached hydrogens (tertiary/aromatic N) is 1. The number of hydrogen-bond acceptors (Lipinski definition) is 3. The summed E-state index contributed by atoms with van der Waals surface area (Å²) in [6.07, 6.45) is 5.96. The van der Waals surface area contributed by atoms with Crippen LogP contribution in [0.15, 0.2) is 168 Å². The van der Waals surface area contributed by atoms with Crippen LogP contribution in [0.2, 0.25) is 0 Å². The summed E-state index contributed by atoms with van der Waals surface area (Å²) in [4.78, 5) is 24.7. The summed E-state index contributed by atoms with van der Waals surface area (Å²) in [6.45, 7) is 0. The highest BCUT2D eigenvalue weighted by Crippen LogP contribution is 2.37. The van der Waals surface area contributed by atoms with Gasteiger partial charge >= 0.3 is 5.97 Å². The minimum atomic E-state index is -0.956. The molecule has 1 saturated heterocycles. The number of hydrogen-bond donors (Lipinski definition) is 4. The molecule has 2 aromatic heterocycles. The zero-order valence-corrected chi connectivity index (χ0v) is 27.7. The number of carboxylic acids is 1. The molecule has 6 heteroatoms. The maximum atomic E-state index is 11.8. The number of carboxylic acid groups (broad SMARTS) is 1. The maximum absolute atomic E-state index is 11.8. The Balaban J connectivity index is 1.37. The quantitative estimate of drug-likeness (QED) is 0.155. The number of rotatable bonds is 5. The summed E-state index contributed by atoms with van der Waals surface area (Å²) in [7, 11) is 0. The normalized spacial score (nSPS) is 21.7. The van der Waals surface area contributed by atoms with Gasteiger partial charge < -0.3 is 20.4 Å². The second kappa shape index (κ2) is 12.7. The highest BCUT2D eigenvalue weighted by Gasteiger charge is 2.28. The minimum absolute atomic E-state index is 0.0587. The fourth-order valence-electron chi connectivity index (χ4n) is 7.61. The van der Waals surface area contributed by atoms with E-state index in [4.69, 9.17) is 4.99 Å². The van der Waals surface area contributed by atoms with Crippen molar-refractivity contribution in [3.63, 3.8) is 0 Å². The number of nitrogens with one attached hydrogen (secondary N) is 3. The molecule has 0 radical (unpaired) electrons. The molecule has 246 valence electrons. The first-order valence-electron chi connectivity index (χ1n) is 17.2. The van der Waals surface area contributed by atoms with E-state index in [0.29, 0.717) is 0 Å². The van der Waals surface area contributed by atoms with Crippen LogP contribution >= 0.6 is 0 Å². The van der Waals surface area contributed by atoms with Crippen molar-refractivity contribution in [2.24, 2.45) is 4.99 Å². The molecule has 8 bridgehead atoms. The number of aromatic amines is 2. The van der Waals surface area contributed by atoms with Crippen LogP contribution in [0.5, 0.6) is 0 Å². The Morgan fingerprint density at radius 2 is 1.18 bits per heavy atom. The Morgan fingerprint density at radius 1 is 0.588 bits per heavy atom. The Hall–Kier alpha value is -6.66. The molecule has 3 aliphatic rings. The van der Waals surface area contributed by atoms with Gasteiger partial charge in [-0.2, -0.15) is 0 Å². The average molecular weight is 663 g/mol. The average Bonchev–Trinajstić information content (AvgIpc) is 4.01. The van der Waals surface area contributed by atoms with Crippen molar-refractivity contribution in [2.75, 3.05) is 0 Å². The van der Waals surface area contributed by atoms with E-state index in [9.17, 15) is 9.90 Å². The maximum Gasteiger partial charge on any atom is 0.335 e. The van der Waals surface area contributed by atoms with Gasteiger partial charge in [-0.15, -0.1) is 0 Å². The first-order valence-corrected chi connectivity index (χ1v) is 17.2. The van der Waals surface area contributed by atoms with Gasteiger partial charge in [0.05, 0.1) is 23.0 Å². The minimum Gasteiger partial charge on any atom is -0.478 e. The summed E-state index contributed by atoms with van der Waals surface area (Å²) < 4.78 is 0. The van der Waals surface area contributed by atoms with Crippen LogP contribution in [0, 0.1) is 0 Å². The summed E-state index contributed by atoms with van der Waals surface area (Å²) in [6, 6.07) is 47.3. The molecule has 51 heavy (non-hydrogen) atoms. The van der Waals surface area contributed by atoms with Crippen molar-refractivity contribution < 1.29 is 9.90 Å². The topological polar surface area (TPSA) is 93.3 Å². The van der Waals surface area contributed by atoms with E-state index in [-0.39, 0.29) is 11.6 Å². The van der Waals surface area contributed by atoms with Gasteiger partial charge in [0, 0.05) is 50.1 Å². The molecule has 1 unspecified atom stereocenters. The van der Waals surface area contributed by atoms with E-state index in [2.05, 4.69) is 137 Å². The van der Waals surface area contributed by atoms with Crippen molar-refractivity contribution >= 4 is 34.0 Å². The Kier molecular flexibility index (Phi) is 7.55. The number of aliphatic imine (C=N–C) groups is 1. The molecule has 4 aromatic carbocycles. The molecule has 5 heterocycles. The zero-order chi connectivity index (χ0) is 34.3.